The lowest BCUT2D eigenvalue weighted by molar-refractivity contribution is -0.384. The number of rotatable bonds is 3. The van der Waals surface area contributed by atoms with Crippen molar-refractivity contribution >= 4 is 28.4 Å². The zero-order chi connectivity index (χ0) is 18.3. The number of pyridine rings is 1. The van der Waals surface area contributed by atoms with Crippen LogP contribution in [0.25, 0.3) is 10.9 Å². The quantitative estimate of drug-likeness (QED) is 0.442. The molecule has 1 aliphatic heterocycles. The van der Waals surface area contributed by atoms with Gasteiger partial charge in [-0.05, 0) is 12.1 Å². The number of H-pyrrole nitrogens is 1. The number of para-hydroxylation sites is 1. The van der Waals surface area contributed by atoms with E-state index in [4.69, 9.17) is 4.74 Å². The fourth-order valence-corrected chi connectivity index (χ4v) is 3.47. The maximum atomic E-state index is 12.0. The number of hydrogen-bond donors (Lipinski definition) is 1. The van der Waals surface area contributed by atoms with Crippen LogP contribution in [-0.4, -0.2) is 34.5 Å². The lowest BCUT2D eigenvalue weighted by Crippen LogP contribution is -2.31. The summed E-state index contributed by atoms with van der Waals surface area (Å²) in [4.78, 5) is 32.3. The van der Waals surface area contributed by atoms with Gasteiger partial charge >= 0.3 is 11.7 Å². The van der Waals surface area contributed by atoms with E-state index in [1.165, 1.54) is 13.2 Å². The highest BCUT2D eigenvalue weighted by Gasteiger charge is 2.27. The van der Waals surface area contributed by atoms with Gasteiger partial charge < -0.3 is 14.6 Å². The molecule has 0 atom stereocenters. The third-order valence-electron chi connectivity index (χ3n) is 4.68. The Kier molecular flexibility index (Phi) is 3.80. The number of nitrogens with zero attached hydrogens (tertiary/aromatic N) is 3. The summed E-state index contributed by atoms with van der Waals surface area (Å²) in [5.41, 5.74) is 3.27. The van der Waals surface area contributed by atoms with Gasteiger partial charge in [-0.25, -0.2) is 9.78 Å². The highest BCUT2D eigenvalue weighted by atomic mass is 16.6. The Labute approximate surface area is 148 Å². The minimum atomic E-state index is -0.414. The van der Waals surface area contributed by atoms with E-state index in [0.717, 1.165) is 22.2 Å². The van der Waals surface area contributed by atoms with E-state index in [1.54, 1.807) is 18.3 Å². The number of aromatic amines is 1. The average molecular weight is 352 g/mol. The highest BCUT2D eigenvalue weighted by molar-refractivity contribution is 6.04. The minimum absolute atomic E-state index is 0.00830. The molecule has 0 bridgehead atoms. The van der Waals surface area contributed by atoms with Crippen LogP contribution in [-0.2, 0) is 17.7 Å². The molecule has 2 aromatic heterocycles. The van der Waals surface area contributed by atoms with Crippen LogP contribution >= 0.6 is 0 Å². The molecule has 1 aromatic carbocycles. The standard InChI is InChI=1S/C18H16N4O4/c1-26-18(23)12-5-2-4-11-13-10-21(9-7-14(13)20-16(11)12)17-15(22(24)25)6-3-8-19-17/h2-6,8,20H,7,9-10H2,1H3. The SMILES string of the molecule is COC(=O)c1cccc2c3c([nH]c12)CCN(c1ncccc1[N+](=O)[O-])C3. The fourth-order valence-electron chi connectivity index (χ4n) is 3.47. The van der Waals surface area contributed by atoms with E-state index < -0.39 is 10.9 Å². The summed E-state index contributed by atoms with van der Waals surface area (Å²) in [6, 6.07) is 8.49. The van der Waals surface area contributed by atoms with Crippen molar-refractivity contribution in [3.63, 3.8) is 0 Å². The van der Waals surface area contributed by atoms with E-state index in [0.29, 0.717) is 30.9 Å². The molecule has 0 saturated carbocycles. The first-order valence-electron chi connectivity index (χ1n) is 8.15. The number of fused-ring (bicyclic) bond motifs is 3. The summed E-state index contributed by atoms with van der Waals surface area (Å²) in [5.74, 6) is -0.0342. The van der Waals surface area contributed by atoms with Crippen LogP contribution in [0.15, 0.2) is 36.5 Å². The van der Waals surface area contributed by atoms with Gasteiger partial charge in [0.15, 0.2) is 0 Å². The molecule has 0 saturated heterocycles. The first-order valence-corrected chi connectivity index (χ1v) is 8.15. The van der Waals surface area contributed by atoms with Crippen molar-refractivity contribution in [2.24, 2.45) is 0 Å². The maximum Gasteiger partial charge on any atom is 0.339 e. The summed E-state index contributed by atoms with van der Waals surface area (Å²) in [5, 5.41) is 12.2. The first-order chi connectivity index (χ1) is 12.6. The summed E-state index contributed by atoms with van der Waals surface area (Å²) in [6.45, 7) is 1.09. The van der Waals surface area contributed by atoms with Crippen molar-refractivity contribution < 1.29 is 14.5 Å². The molecule has 3 heterocycles. The van der Waals surface area contributed by atoms with Gasteiger partial charge in [0, 0.05) is 48.4 Å². The molecule has 1 N–H and O–H groups in total. The number of aromatic nitrogens is 2. The number of ether oxygens (including phenoxy) is 1. The number of esters is 1. The van der Waals surface area contributed by atoms with Crippen LogP contribution < -0.4 is 4.90 Å². The van der Waals surface area contributed by atoms with E-state index in [9.17, 15) is 14.9 Å². The van der Waals surface area contributed by atoms with Crippen LogP contribution in [0, 0.1) is 10.1 Å². The number of carbonyl (C=O) groups excluding carboxylic acids is 1. The highest BCUT2D eigenvalue weighted by Crippen LogP contribution is 2.34. The zero-order valence-electron chi connectivity index (χ0n) is 14.1. The van der Waals surface area contributed by atoms with Crippen molar-refractivity contribution in [1.29, 1.82) is 0 Å². The van der Waals surface area contributed by atoms with Gasteiger partial charge in [0.1, 0.15) is 0 Å². The lowest BCUT2D eigenvalue weighted by Gasteiger charge is -2.27. The van der Waals surface area contributed by atoms with E-state index in [-0.39, 0.29) is 5.69 Å². The van der Waals surface area contributed by atoms with Gasteiger partial charge in [0.25, 0.3) is 0 Å². The third-order valence-corrected chi connectivity index (χ3v) is 4.68. The fraction of sp³-hybridized carbons (Fsp3) is 0.222. The molecule has 1 aliphatic rings. The average Bonchev–Trinajstić information content (AvgIpc) is 3.05. The monoisotopic (exact) mass is 352 g/mol. The molecule has 0 unspecified atom stereocenters. The second-order valence-electron chi connectivity index (χ2n) is 6.08. The van der Waals surface area contributed by atoms with Crippen molar-refractivity contribution in [3.8, 4) is 0 Å². The summed E-state index contributed by atoms with van der Waals surface area (Å²) in [7, 11) is 1.35. The van der Waals surface area contributed by atoms with Gasteiger partial charge in [-0.3, -0.25) is 10.1 Å². The predicted octanol–water partition coefficient (Wildman–Crippen LogP) is 2.82. The molecule has 0 spiro atoms. The number of anilines is 1. The number of nitrogens with one attached hydrogen (secondary N) is 1. The van der Waals surface area contributed by atoms with Gasteiger partial charge in [-0.15, -0.1) is 0 Å². The molecule has 8 heteroatoms. The number of nitro groups is 1. The molecule has 0 amide bonds. The van der Waals surface area contributed by atoms with Crippen molar-refractivity contribution in [1.82, 2.24) is 9.97 Å². The van der Waals surface area contributed by atoms with E-state index >= 15 is 0 Å². The number of carbonyl (C=O) groups is 1. The first kappa shape index (κ1) is 16.1. The van der Waals surface area contributed by atoms with Crippen LogP contribution in [0.1, 0.15) is 21.6 Å². The molecule has 26 heavy (non-hydrogen) atoms. The van der Waals surface area contributed by atoms with Crippen molar-refractivity contribution in [2.45, 2.75) is 13.0 Å². The number of methoxy groups -OCH3 is 1. The second kappa shape index (κ2) is 6.14. The van der Waals surface area contributed by atoms with E-state index in [2.05, 4.69) is 9.97 Å². The summed E-state index contributed by atoms with van der Waals surface area (Å²) >= 11 is 0. The van der Waals surface area contributed by atoms with Crippen molar-refractivity contribution in [3.05, 3.63) is 63.5 Å². The zero-order valence-corrected chi connectivity index (χ0v) is 14.1. The maximum absolute atomic E-state index is 12.0. The van der Waals surface area contributed by atoms with Gasteiger partial charge in [0.05, 0.1) is 23.1 Å². The Morgan fingerprint density at radius 3 is 2.96 bits per heavy atom. The van der Waals surface area contributed by atoms with Crippen LogP contribution in [0.2, 0.25) is 0 Å². The van der Waals surface area contributed by atoms with Gasteiger partial charge in [-0.1, -0.05) is 12.1 Å². The summed E-state index contributed by atoms with van der Waals surface area (Å²) in [6.07, 6.45) is 2.24. The largest absolute Gasteiger partial charge is 0.465 e. The molecule has 4 rings (SSSR count). The second-order valence-corrected chi connectivity index (χ2v) is 6.08. The van der Waals surface area contributed by atoms with Gasteiger partial charge in [-0.2, -0.15) is 0 Å². The molecule has 3 aromatic rings. The Morgan fingerprint density at radius 2 is 2.19 bits per heavy atom. The molecule has 0 radical (unpaired) electrons. The third kappa shape index (κ3) is 2.46. The molecular weight excluding hydrogens is 336 g/mol. The van der Waals surface area contributed by atoms with E-state index in [1.807, 2.05) is 17.0 Å². The summed E-state index contributed by atoms with van der Waals surface area (Å²) < 4.78 is 4.85. The van der Waals surface area contributed by atoms with Crippen LogP contribution in [0.4, 0.5) is 11.5 Å². The Bertz CT molecular complexity index is 1030. The molecule has 0 fully saturated rings. The van der Waals surface area contributed by atoms with Crippen LogP contribution in [0.3, 0.4) is 0 Å². The lowest BCUT2D eigenvalue weighted by atomic mass is 10.0. The Balaban J connectivity index is 1.78. The Hall–Kier alpha value is -3.42. The number of benzene rings is 1. The van der Waals surface area contributed by atoms with Crippen LogP contribution in [0.5, 0.6) is 0 Å². The molecule has 0 aliphatic carbocycles. The van der Waals surface area contributed by atoms with Gasteiger partial charge in [0.2, 0.25) is 5.82 Å². The number of hydrogen-bond acceptors (Lipinski definition) is 6. The molecular formula is C18H16N4O4. The van der Waals surface area contributed by atoms with Crippen molar-refractivity contribution in [2.75, 3.05) is 18.6 Å². The topological polar surface area (TPSA) is 101 Å². The predicted molar refractivity (Wildman–Crippen MR) is 95.3 cm³/mol. The minimum Gasteiger partial charge on any atom is -0.465 e. The normalized spacial score (nSPS) is 13.5. The molecule has 132 valence electrons. The smallest absolute Gasteiger partial charge is 0.339 e. The molecule has 8 nitrogen and oxygen atoms in total. The Morgan fingerprint density at radius 1 is 1.35 bits per heavy atom.